The van der Waals surface area contributed by atoms with Crippen molar-refractivity contribution in [2.45, 2.75) is 0 Å². The predicted molar refractivity (Wildman–Crippen MR) is 240 cm³/mol. The van der Waals surface area contributed by atoms with E-state index in [4.69, 9.17) is 11.0 Å². The highest BCUT2D eigenvalue weighted by Crippen LogP contribution is 2.42. The Hall–Kier alpha value is -7.62. The smallest absolute Gasteiger partial charge is 0.0782 e. The summed E-state index contributed by atoms with van der Waals surface area (Å²) in [6, 6.07) is 6.25. The molecule has 0 radical (unpaired) electrons. The van der Waals surface area contributed by atoms with Crippen molar-refractivity contribution in [1.82, 2.24) is 13.7 Å². The first-order valence-electron chi connectivity index (χ1n) is 28.8. The predicted octanol–water partition coefficient (Wildman–Crippen LogP) is 14.3. The van der Waals surface area contributed by atoms with E-state index < -0.39 is 166 Å². The Morgan fingerprint density at radius 2 is 0.825 bits per heavy atom. The fraction of sp³-hybridized carbons (Fsp3) is 0. The van der Waals surface area contributed by atoms with Crippen LogP contribution in [0.3, 0.4) is 0 Å². The zero-order chi connectivity index (χ0) is 56.6. The Kier molecular flexibility index (Phi) is 3.72. The lowest BCUT2D eigenvalue weighted by Crippen LogP contribution is -2.00. The van der Waals surface area contributed by atoms with Gasteiger partial charge >= 0.3 is 0 Å². The monoisotopic (exact) mass is 747 g/mol. The van der Waals surface area contributed by atoms with Crippen molar-refractivity contribution >= 4 is 65.4 Å². The molecule has 0 atom stereocenters. The molecule has 0 aliphatic rings. The average Bonchev–Trinajstić information content (AvgIpc) is 3.41. The molecule has 3 heterocycles. The lowest BCUT2D eigenvalue weighted by molar-refractivity contribution is 1.13. The van der Waals surface area contributed by atoms with Crippen molar-refractivity contribution in [2.75, 3.05) is 0 Å². The molecule has 0 aliphatic heterocycles. The molecular formula is C54H35N3. The van der Waals surface area contributed by atoms with Crippen molar-refractivity contribution in [2.24, 2.45) is 0 Å². The maximum Gasteiger partial charge on any atom is 0.0782 e. The van der Waals surface area contributed by atoms with Gasteiger partial charge in [-0.25, -0.2) is 0 Å². The second-order valence-corrected chi connectivity index (χ2v) is 13.2. The van der Waals surface area contributed by atoms with E-state index in [1.165, 1.54) is 33.4 Å². The molecule has 3 nitrogen and oxygen atoms in total. The molecule has 0 bridgehead atoms. The van der Waals surface area contributed by atoms with Crippen LogP contribution in [0.1, 0.15) is 30.2 Å². The normalized spacial score (nSPS) is 17.3. The van der Waals surface area contributed by atoms with E-state index in [0.29, 0.717) is 16.8 Å². The SMILES string of the molecule is [2H]c1ccc(-n2c3c([2H])c([2H])c([2H])c([2H])c3c3c([2H])c([2H])c([2H])c(-n4c5c([2H])c([2H])c([2H])c([2H])c5c5c([2H])c(-c6c([2H])c([2H])c7c(c6[2H])c6c([2H])c([2H])c([2H])c([2H])c6n7-c6ccccc6-c6ccccc6)c([2H])c([2H])c54)c32)cc1. The van der Waals surface area contributed by atoms with E-state index >= 15 is 0 Å². The zero-order valence-corrected chi connectivity index (χ0v) is 29.3. The van der Waals surface area contributed by atoms with Crippen molar-refractivity contribution < 1.29 is 30.2 Å². The van der Waals surface area contributed by atoms with Crippen LogP contribution in [0.2, 0.25) is 0 Å². The number of benzene rings is 9. The molecule has 12 aromatic rings. The molecule has 0 fully saturated rings. The molecule has 12 rings (SSSR count). The van der Waals surface area contributed by atoms with E-state index in [0.717, 1.165) is 4.57 Å². The van der Waals surface area contributed by atoms with E-state index in [-0.39, 0.29) is 55.3 Å². The first kappa shape index (κ1) is 17.0. The van der Waals surface area contributed by atoms with Crippen LogP contribution in [0.4, 0.5) is 0 Å². The van der Waals surface area contributed by atoms with Crippen molar-refractivity contribution in [3.8, 4) is 39.3 Å². The first-order valence-corrected chi connectivity index (χ1v) is 17.8. The van der Waals surface area contributed by atoms with Crippen molar-refractivity contribution in [3.63, 3.8) is 0 Å². The van der Waals surface area contributed by atoms with E-state index in [2.05, 4.69) is 0 Å². The summed E-state index contributed by atoms with van der Waals surface area (Å²) in [5.41, 5.74) is -1.96. The molecule has 0 saturated heterocycles. The molecular weight excluding hydrogens is 691 g/mol. The van der Waals surface area contributed by atoms with Gasteiger partial charge in [0.2, 0.25) is 0 Å². The average molecular weight is 748 g/mol. The van der Waals surface area contributed by atoms with Gasteiger partial charge in [-0.05, 0) is 83.2 Å². The van der Waals surface area contributed by atoms with Gasteiger partial charge in [0.1, 0.15) is 0 Å². The second kappa shape index (κ2) is 12.5. The highest BCUT2D eigenvalue weighted by Gasteiger charge is 2.21. The van der Waals surface area contributed by atoms with Gasteiger partial charge in [-0.1, -0.05) is 145 Å². The highest BCUT2D eigenvalue weighted by atomic mass is 15.1. The van der Waals surface area contributed by atoms with Crippen LogP contribution in [0.15, 0.2) is 212 Å². The van der Waals surface area contributed by atoms with Gasteiger partial charge in [-0.3, -0.25) is 0 Å². The van der Waals surface area contributed by atoms with Gasteiger partial charge in [0.15, 0.2) is 0 Å². The van der Waals surface area contributed by atoms with Gasteiger partial charge in [-0.2, -0.15) is 0 Å². The standard InChI is InChI=1S/C54H35N3/c1-3-16-36(17-4-1)40-20-7-11-25-47(40)56-49-27-13-9-22-42(49)45-34-37(30-32-51(45)56)38-31-33-52-46(35-38)43-23-10-14-28-50(43)57(52)53-29-15-24-44-41-21-8-12-26-48(41)55(54(44)53)39-18-5-2-6-19-39/h1-35H/i2D,8D,9D,10D,12D,13D,14D,15D,21D,22D,23D,24D,26D,27D,28D,29D,30D,31D,32D,33D,34D,35D. The molecule has 266 valence electrons. The molecule has 0 saturated carbocycles. The number of hydrogen-bond acceptors (Lipinski definition) is 0. The third kappa shape index (κ3) is 4.73. The highest BCUT2D eigenvalue weighted by molar-refractivity contribution is 6.16. The minimum Gasteiger partial charge on any atom is -0.309 e. The summed E-state index contributed by atoms with van der Waals surface area (Å²) in [5.74, 6) is 0. The van der Waals surface area contributed by atoms with Crippen molar-refractivity contribution in [1.29, 1.82) is 0 Å². The Labute approximate surface area is 360 Å². The lowest BCUT2D eigenvalue weighted by atomic mass is 10.0. The minimum absolute atomic E-state index is 0.0355. The number of fused-ring (bicyclic) bond motifs is 9. The van der Waals surface area contributed by atoms with Crippen LogP contribution in [0.5, 0.6) is 0 Å². The fourth-order valence-corrected chi connectivity index (χ4v) is 7.78. The van der Waals surface area contributed by atoms with Gasteiger partial charge < -0.3 is 13.7 Å². The van der Waals surface area contributed by atoms with Crippen molar-refractivity contribution in [3.05, 3.63) is 212 Å². The molecule has 0 aliphatic carbocycles. The third-order valence-electron chi connectivity index (χ3n) is 10.2. The van der Waals surface area contributed by atoms with Gasteiger partial charge in [-0.15, -0.1) is 0 Å². The number of rotatable bonds is 5. The minimum atomic E-state index is -0.894. The molecule has 57 heavy (non-hydrogen) atoms. The summed E-state index contributed by atoms with van der Waals surface area (Å²) >= 11 is 0. The molecule has 0 unspecified atom stereocenters. The van der Waals surface area contributed by atoms with Gasteiger partial charge in [0.05, 0.1) is 74.6 Å². The fourth-order valence-electron chi connectivity index (χ4n) is 7.78. The quantitative estimate of drug-likeness (QED) is 0.167. The zero-order valence-electron chi connectivity index (χ0n) is 51.3. The lowest BCUT2D eigenvalue weighted by Gasteiger charge is -2.14. The van der Waals surface area contributed by atoms with E-state index in [1.807, 2.05) is 12.1 Å². The largest absolute Gasteiger partial charge is 0.309 e. The maximum atomic E-state index is 10.1. The summed E-state index contributed by atoms with van der Waals surface area (Å²) in [4.78, 5) is 0. The molecule has 3 aromatic heterocycles. The summed E-state index contributed by atoms with van der Waals surface area (Å²) in [7, 11) is 0. The van der Waals surface area contributed by atoms with Crippen LogP contribution in [0, 0.1) is 0 Å². The van der Waals surface area contributed by atoms with Crippen LogP contribution in [0.25, 0.3) is 105 Å². The molecule has 9 aromatic carbocycles. The number of para-hydroxylation sites is 6. The van der Waals surface area contributed by atoms with Gasteiger partial charge in [0, 0.05) is 43.6 Å². The van der Waals surface area contributed by atoms with Crippen LogP contribution in [-0.4, -0.2) is 13.7 Å². The number of aromatic nitrogens is 3. The topological polar surface area (TPSA) is 14.8 Å². The third-order valence-corrected chi connectivity index (χ3v) is 10.2. The first-order chi connectivity index (χ1) is 37.5. The molecule has 3 heteroatoms. The summed E-state index contributed by atoms with van der Waals surface area (Å²) < 4.78 is 208. The summed E-state index contributed by atoms with van der Waals surface area (Å²) in [5, 5.41) is -2.02. The van der Waals surface area contributed by atoms with Crippen LogP contribution >= 0.6 is 0 Å². The molecule has 0 amide bonds. The Morgan fingerprint density at radius 1 is 0.316 bits per heavy atom. The van der Waals surface area contributed by atoms with E-state index in [9.17, 15) is 19.2 Å². The Balaban J connectivity index is 1.29. The van der Waals surface area contributed by atoms with E-state index in [1.54, 1.807) is 42.5 Å². The Morgan fingerprint density at radius 3 is 1.47 bits per heavy atom. The Bertz CT molecular complexity index is 4790. The van der Waals surface area contributed by atoms with Crippen LogP contribution in [-0.2, 0) is 0 Å². The second-order valence-electron chi connectivity index (χ2n) is 13.2. The molecule has 0 N–H and O–H groups in total. The van der Waals surface area contributed by atoms with Gasteiger partial charge in [0.25, 0.3) is 0 Å². The number of nitrogens with zero attached hydrogens (tertiary/aromatic N) is 3. The number of hydrogen-bond donors (Lipinski definition) is 0. The molecule has 0 spiro atoms. The summed E-state index contributed by atoms with van der Waals surface area (Å²) in [6.07, 6.45) is 0. The van der Waals surface area contributed by atoms with Crippen LogP contribution < -0.4 is 0 Å². The maximum absolute atomic E-state index is 10.1. The summed E-state index contributed by atoms with van der Waals surface area (Å²) in [6.45, 7) is 0.